The van der Waals surface area contributed by atoms with Crippen molar-refractivity contribution >= 4 is 50.2 Å². The van der Waals surface area contributed by atoms with Crippen LogP contribution < -0.4 is 11.1 Å². The average Bonchev–Trinajstić information content (AvgIpc) is 3.25. The van der Waals surface area contributed by atoms with Gasteiger partial charge in [-0.25, -0.2) is 4.98 Å². The first-order valence-corrected chi connectivity index (χ1v) is 11.4. The van der Waals surface area contributed by atoms with Crippen molar-refractivity contribution in [2.45, 2.75) is 57.0 Å². The number of halogens is 1. The molecule has 3 N–H and O–H groups in total. The van der Waals surface area contributed by atoms with Crippen LogP contribution in [0.15, 0.2) is 29.6 Å². The number of hydrogen-bond acceptors (Lipinski definition) is 5. The number of nitrogens with one attached hydrogen (secondary N) is 1. The number of aromatic nitrogens is 1. The number of anilines is 1. The first-order chi connectivity index (χ1) is 12.7. The Labute approximate surface area is 167 Å². The maximum Gasteiger partial charge on any atom is 0.131 e. The predicted molar refractivity (Wildman–Crippen MR) is 115 cm³/mol. The standard InChI is InChI=1S/C20H24ClN3S2/c21-19-11-16(23-12-13-6-5-9-25-13)20-17(24-19)10-18(26-20)14-7-3-1-2-4-8-15(14)22/h5-6,9-11,14-15H,1-4,7-8,12,22H2,(H,23,24)/t14-,15-/m0/s1. The number of fused-ring (bicyclic) bond motifs is 1. The van der Waals surface area contributed by atoms with Gasteiger partial charge in [-0.3, -0.25) is 0 Å². The van der Waals surface area contributed by atoms with Gasteiger partial charge < -0.3 is 11.1 Å². The van der Waals surface area contributed by atoms with Gasteiger partial charge in [-0.1, -0.05) is 43.4 Å². The van der Waals surface area contributed by atoms with E-state index in [2.05, 4.69) is 33.9 Å². The second-order valence-corrected chi connectivity index (χ2v) is 9.55. The van der Waals surface area contributed by atoms with Crippen molar-refractivity contribution in [1.29, 1.82) is 0 Å². The van der Waals surface area contributed by atoms with Crippen LogP contribution >= 0.6 is 34.3 Å². The molecule has 3 nitrogen and oxygen atoms in total. The molecule has 6 heteroatoms. The van der Waals surface area contributed by atoms with E-state index in [1.807, 2.05) is 17.4 Å². The number of nitrogens with two attached hydrogens (primary N) is 1. The lowest BCUT2D eigenvalue weighted by molar-refractivity contribution is 0.408. The summed E-state index contributed by atoms with van der Waals surface area (Å²) in [5.41, 5.74) is 8.60. The molecule has 1 saturated carbocycles. The van der Waals surface area contributed by atoms with Crippen molar-refractivity contribution in [3.8, 4) is 0 Å². The van der Waals surface area contributed by atoms with E-state index in [0.29, 0.717) is 11.1 Å². The van der Waals surface area contributed by atoms with Gasteiger partial charge in [0.05, 0.1) is 15.9 Å². The summed E-state index contributed by atoms with van der Waals surface area (Å²) in [6, 6.07) is 8.63. The number of thiophene rings is 2. The molecule has 3 aromatic heterocycles. The molecule has 1 aliphatic carbocycles. The molecule has 2 atom stereocenters. The predicted octanol–water partition coefficient (Wildman–Crippen LogP) is 6.39. The van der Waals surface area contributed by atoms with E-state index in [-0.39, 0.29) is 6.04 Å². The topological polar surface area (TPSA) is 50.9 Å². The monoisotopic (exact) mass is 405 g/mol. The fourth-order valence-electron chi connectivity index (χ4n) is 3.78. The van der Waals surface area contributed by atoms with Crippen molar-refractivity contribution in [3.05, 3.63) is 44.6 Å². The highest BCUT2D eigenvalue weighted by atomic mass is 35.5. The fourth-order valence-corrected chi connectivity index (χ4v) is 5.93. The molecule has 0 amide bonds. The van der Waals surface area contributed by atoms with Crippen LogP contribution in [0.25, 0.3) is 10.2 Å². The molecule has 0 unspecified atom stereocenters. The smallest absolute Gasteiger partial charge is 0.131 e. The van der Waals surface area contributed by atoms with Crippen LogP contribution in [0.2, 0.25) is 5.15 Å². The van der Waals surface area contributed by atoms with E-state index in [1.165, 1.54) is 46.6 Å². The van der Waals surface area contributed by atoms with Crippen LogP contribution in [0.5, 0.6) is 0 Å². The number of hydrogen-bond donors (Lipinski definition) is 2. The summed E-state index contributed by atoms with van der Waals surface area (Å²) < 4.78 is 1.19. The molecule has 0 aromatic carbocycles. The molecule has 138 valence electrons. The number of nitrogens with zero attached hydrogens (tertiary/aromatic N) is 1. The Balaban J connectivity index is 1.63. The average molecular weight is 406 g/mol. The maximum atomic E-state index is 6.54. The lowest BCUT2D eigenvalue weighted by Crippen LogP contribution is -2.28. The molecular weight excluding hydrogens is 382 g/mol. The third-order valence-electron chi connectivity index (χ3n) is 5.18. The highest BCUT2D eigenvalue weighted by Gasteiger charge is 2.24. The van der Waals surface area contributed by atoms with E-state index >= 15 is 0 Å². The van der Waals surface area contributed by atoms with Crippen molar-refractivity contribution in [3.63, 3.8) is 0 Å². The van der Waals surface area contributed by atoms with Crippen LogP contribution in [0, 0.1) is 0 Å². The Morgan fingerprint density at radius 2 is 2.04 bits per heavy atom. The highest BCUT2D eigenvalue weighted by Crippen LogP contribution is 2.40. The number of pyridine rings is 1. The van der Waals surface area contributed by atoms with Crippen molar-refractivity contribution in [2.24, 2.45) is 5.73 Å². The van der Waals surface area contributed by atoms with Crippen molar-refractivity contribution in [2.75, 3.05) is 5.32 Å². The fraction of sp³-hybridized carbons (Fsp3) is 0.450. The Kier molecular flexibility index (Phi) is 5.79. The zero-order valence-electron chi connectivity index (χ0n) is 14.7. The van der Waals surface area contributed by atoms with Gasteiger partial charge in [0.1, 0.15) is 5.15 Å². The third-order valence-corrected chi connectivity index (χ3v) is 7.54. The first-order valence-electron chi connectivity index (χ1n) is 9.32. The van der Waals surface area contributed by atoms with Gasteiger partial charge in [0, 0.05) is 34.3 Å². The lowest BCUT2D eigenvalue weighted by atomic mass is 9.86. The summed E-state index contributed by atoms with van der Waals surface area (Å²) in [6.07, 6.45) is 7.47. The summed E-state index contributed by atoms with van der Waals surface area (Å²) in [5.74, 6) is 0.443. The first kappa shape index (κ1) is 18.2. The Morgan fingerprint density at radius 1 is 1.19 bits per heavy atom. The highest BCUT2D eigenvalue weighted by molar-refractivity contribution is 7.19. The third kappa shape index (κ3) is 4.06. The SMILES string of the molecule is N[C@H]1CCCCCC[C@@H]1c1cc2nc(Cl)cc(NCc3cccs3)c2s1. The summed E-state index contributed by atoms with van der Waals surface area (Å²) in [4.78, 5) is 7.24. The maximum absolute atomic E-state index is 6.54. The summed E-state index contributed by atoms with van der Waals surface area (Å²) >= 11 is 9.88. The molecule has 4 rings (SSSR count). The molecular formula is C20H24ClN3S2. The minimum atomic E-state index is 0.251. The van der Waals surface area contributed by atoms with Crippen LogP contribution in [0.1, 0.15) is 54.2 Å². The molecule has 0 saturated heterocycles. The van der Waals surface area contributed by atoms with Crippen molar-refractivity contribution in [1.82, 2.24) is 4.98 Å². The Bertz CT molecular complexity index is 859. The zero-order valence-corrected chi connectivity index (χ0v) is 17.1. The molecule has 0 aliphatic heterocycles. The van der Waals surface area contributed by atoms with Gasteiger partial charge in [-0.2, -0.15) is 0 Å². The second kappa shape index (κ2) is 8.26. The molecule has 1 fully saturated rings. The Hall–Kier alpha value is -1.14. The Morgan fingerprint density at radius 3 is 2.85 bits per heavy atom. The van der Waals surface area contributed by atoms with Crippen LogP contribution in [-0.4, -0.2) is 11.0 Å². The van der Waals surface area contributed by atoms with Crippen molar-refractivity contribution < 1.29 is 0 Å². The molecule has 3 heterocycles. The van der Waals surface area contributed by atoms with Crippen LogP contribution in [0.4, 0.5) is 5.69 Å². The molecule has 0 spiro atoms. The van der Waals surface area contributed by atoms with E-state index in [4.69, 9.17) is 17.3 Å². The van der Waals surface area contributed by atoms with E-state index in [0.717, 1.165) is 24.2 Å². The summed E-state index contributed by atoms with van der Waals surface area (Å²) in [5, 5.41) is 6.19. The molecule has 3 aromatic rings. The van der Waals surface area contributed by atoms with E-state index in [9.17, 15) is 0 Å². The van der Waals surface area contributed by atoms with Crippen LogP contribution in [-0.2, 0) is 6.54 Å². The molecule has 0 radical (unpaired) electrons. The zero-order chi connectivity index (χ0) is 17.9. The minimum absolute atomic E-state index is 0.251. The van der Waals surface area contributed by atoms with Gasteiger partial charge in [0.25, 0.3) is 0 Å². The van der Waals surface area contributed by atoms with Crippen LogP contribution in [0.3, 0.4) is 0 Å². The van der Waals surface area contributed by atoms with Gasteiger partial charge in [-0.15, -0.1) is 22.7 Å². The van der Waals surface area contributed by atoms with Gasteiger partial charge in [0.15, 0.2) is 0 Å². The van der Waals surface area contributed by atoms with E-state index < -0.39 is 0 Å². The lowest BCUT2D eigenvalue weighted by Gasteiger charge is -2.25. The largest absolute Gasteiger partial charge is 0.379 e. The quantitative estimate of drug-likeness (QED) is 0.494. The normalized spacial score (nSPS) is 21.5. The minimum Gasteiger partial charge on any atom is -0.379 e. The molecule has 1 aliphatic rings. The van der Waals surface area contributed by atoms with Gasteiger partial charge >= 0.3 is 0 Å². The summed E-state index contributed by atoms with van der Waals surface area (Å²) in [6.45, 7) is 0.809. The number of rotatable bonds is 4. The van der Waals surface area contributed by atoms with E-state index in [1.54, 1.807) is 11.3 Å². The second-order valence-electron chi connectivity index (χ2n) is 7.05. The molecule has 0 bridgehead atoms. The molecule has 26 heavy (non-hydrogen) atoms. The van der Waals surface area contributed by atoms with Gasteiger partial charge in [0.2, 0.25) is 0 Å². The summed E-state index contributed by atoms with van der Waals surface area (Å²) in [7, 11) is 0. The van der Waals surface area contributed by atoms with Gasteiger partial charge in [-0.05, 0) is 30.4 Å².